The number of carbonyl (C=O) groups excluding carboxylic acids is 4. The predicted molar refractivity (Wildman–Crippen MR) is 135 cm³/mol. The van der Waals surface area contributed by atoms with Gasteiger partial charge in [0.15, 0.2) is 0 Å². The molecule has 1 aromatic carbocycles. The summed E-state index contributed by atoms with van der Waals surface area (Å²) in [4.78, 5) is 56.8. The van der Waals surface area contributed by atoms with Crippen LogP contribution in [0.1, 0.15) is 44.6 Å². The van der Waals surface area contributed by atoms with Gasteiger partial charge < -0.3 is 10.2 Å². The number of carbonyl (C=O) groups is 4. The molecule has 3 aliphatic rings. The van der Waals surface area contributed by atoms with Crippen LogP contribution in [-0.2, 0) is 20.8 Å². The largest absolute Gasteiger partial charge is 0.344 e. The van der Waals surface area contributed by atoms with Crippen molar-refractivity contribution in [1.82, 2.24) is 30.5 Å². The van der Waals surface area contributed by atoms with Crippen LogP contribution >= 0.6 is 0 Å². The number of aryl methyl sites for hydroxylation is 1. The molecule has 4 rings (SSSR count). The molecular weight excluding hydrogens is 460 g/mol. The van der Waals surface area contributed by atoms with Crippen molar-refractivity contribution in [2.45, 2.75) is 51.0 Å². The second kappa shape index (κ2) is 11.8. The summed E-state index contributed by atoms with van der Waals surface area (Å²) in [7, 11) is 0. The van der Waals surface area contributed by atoms with Crippen LogP contribution in [0.4, 0.5) is 4.79 Å². The van der Waals surface area contributed by atoms with Gasteiger partial charge in [-0.1, -0.05) is 43.2 Å². The Bertz CT molecular complexity index is 941. The van der Waals surface area contributed by atoms with Crippen LogP contribution in [0, 0.1) is 0 Å². The van der Waals surface area contributed by atoms with Gasteiger partial charge >= 0.3 is 6.03 Å². The van der Waals surface area contributed by atoms with Crippen molar-refractivity contribution in [3.63, 3.8) is 0 Å². The maximum atomic E-state index is 13.0. The smallest absolute Gasteiger partial charge is 0.342 e. The van der Waals surface area contributed by atoms with E-state index < -0.39 is 23.4 Å². The summed E-state index contributed by atoms with van der Waals surface area (Å²) in [5.41, 5.74) is 2.50. The highest BCUT2D eigenvalue weighted by Gasteiger charge is 2.48. The van der Waals surface area contributed by atoms with E-state index in [0.717, 1.165) is 36.5 Å². The third-order valence-corrected chi connectivity index (χ3v) is 7.40. The lowest BCUT2D eigenvalue weighted by molar-refractivity contribution is -0.139. The third-order valence-electron chi connectivity index (χ3n) is 7.40. The van der Waals surface area contributed by atoms with Crippen LogP contribution < -0.4 is 10.7 Å². The Labute approximate surface area is 212 Å². The molecule has 10 nitrogen and oxygen atoms in total. The van der Waals surface area contributed by atoms with Crippen molar-refractivity contribution in [3.05, 3.63) is 35.9 Å². The Morgan fingerprint density at radius 3 is 2.14 bits per heavy atom. The monoisotopic (exact) mass is 498 g/mol. The molecule has 10 heteroatoms. The SMILES string of the molecule is CC1(CCc2ccccc2)NC(=O)N(NC(=O)CN2CCN(CC(=O)N3CCCCCC3)CC2)C1=O. The van der Waals surface area contributed by atoms with E-state index in [1.165, 1.54) is 12.8 Å². The third kappa shape index (κ3) is 6.61. The fraction of sp³-hybridized carbons (Fsp3) is 0.615. The molecule has 2 N–H and O–H groups in total. The summed E-state index contributed by atoms with van der Waals surface area (Å²) in [6, 6.07) is 9.16. The fourth-order valence-corrected chi connectivity index (χ4v) is 5.07. The van der Waals surface area contributed by atoms with E-state index in [4.69, 9.17) is 0 Å². The maximum Gasteiger partial charge on any atom is 0.344 e. The molecule has 3 aliphatic heterocycles. The number of nitrogens with zero attached hydrogens (tertiary/aromatic N) is 4. The number of hydrazine groups is 1. The summed E-state index contributed by atoms with van der Waals surface area (Å²) < 4.78 is 0. The zero-order valence-electron chi connectivity index (χ0n) is 21.2. The molecule has 0 saturated carbocycles. The Balaban J connectivity index is 1.20. The number of likely N-dealkylation sites (tertiary alicyclic amines) is 1. The summed E-state index contributed by atoms with van der Waals surface area (Å²) in [6.45, 7) is 6.61. The normalized spacial score (nSPS) is 23.9. The summed E-state index contributed by atoms with van der Waals surface area (Å²) >= 11 is 0. The first-order valence-corrected chi connectivity index (χ1v) is 13.1. The zero-order chi connectivity index (χ0) is 25.5. The molecular formula is C26H38N6O4. The Hall–Kier alpha value is -2.98. The number of amides is 5. The van der Waals surface area contributed by atoms with E-state index >= 15 is 0 Å². The van der Waals surface area contributed by atoms with Gasteiger partial charge in [0, 0.05) is 39.3 Å². The molecule has 1 aromatic rings. The molecule has 196 valence electrons. The minimum Gasteiger partial charge on any atom is -0.342 e. The van der Waals surface area contributed by atoms with Gasteiger partial charge in [-0.3, -0.25) is 29.6 Å². The van der Waals surface area contributed by atoms with Gasteiger partial charge in [-0.2, -0.15) is 5.01 Å². The lowest BCUT2D eigenvalue weighted by atomic mass is 9.93. The Morgan fingerprint density at radius 1 is 0.889 bits per heavy atom. The van der Waals surface area contributed by atoms with Crippen LogP contribution in [0.15, 0.2) is 30.3 Å². The van der Waals surface area contributed by atoms with Crippen LogP contribution in [0.3, 0.4) is 0 Å². The number of rotatable bonds is 8. The number of hydrogen-bond acceptors (Lipinski definition) is 6. The van der Waals surface area contributed by atoms with Gasteiger partial charge in [0.05, 0.1) is 13.1 Å². The number of imide groups is 1. The second-order valence-electron chi connectivity index (χ2n) is 10.3. The molecule has 0 spiro atoms. The number of piperazine rings is 1. The van der Waals surface area contributed by atoms with Crippen molar-refractivity contribution in [2.75, 3.05) is 52.4 Å². The van der Waals surface area contributed by atoms with E-state index in [2.05, 4.69) is 15.6 Å². The van der Waals surface area contributed by atoms with E-state index in [1.54, 1.807) is 6.92 Å². The molecule has 36 heavy (non-hydrogen) atoms. The highest BCUT2D eigenvalue weighted by Crippen LogP contribution is 2.22. The van der Waals surface area contributed by atoms with Crippen LogP contribution in [-0.4, -0.2) is 101 Å². The van der Waals surface area contributed by atoms with Crippen molar-refractivity contribution in [2.24, 2.45) is 0 Å². The quantitative estimate of drug-likeness (QED) is 0.518. The first-order chi connectivity index (χ1) is 17.3. The first-order valence-electron chi connectivity index (χ1n) is 13.1. The fourth-order valence-electron chi connectivity index (χ4n) is 5.07. The van der Waals surface area contributed by atoms with E-state index in [1.807, 2.05) is 40.1 Å². The van der Waals surface area contributed by atoms with Gasteiger partial charge in [-0.15, -0.1) is 0 Å². The minimum absolute atomic E-state index is 0.0890. The second-order valence-corrected chi connectivity index (χ2v) is 10.3. The van der Waals surface area contributed by atoms with E-state index in [0.29, 0.717) is 45.6 Å². The first kappa shape index (κ1) is 26.1. The summed E-state index contributed by atoms with van der Waals surface area (Å²) in [5, 5.41) is 3.54. The molecule has 5 amide bonds. The minimum atomic E-state index is -1.06. The summed E-state index contributed by atoms with van der Waals surface area (Å²) in [5.74, 6) is -0.662. The van der Waals surface area contributed by atoms with Crippen molar-refractivity contribution >= 4 is 23.8 Å². The number of nitrogens with one attached hydrogen (secondary N) is 2. The molecule has 0 aromatic heterocycles. The van der Waals surface area contributed by atoms with Crippen molar-refractivity contribution < 1.29 is 19.2 Å². The highest BCUT2D eigenvalue weighted by atomic mass is 16.2. The molecule has 0 bridgehead atoms. The maximum absolute atomic E-state index is 13.0. The molecule has 1 atom stereocenters. The zero-order valence-corrected chi connectivity index (χ0v) is 21.2. The van der Waals surface area contributed by atoms with Gasteiger partial charge in [0.1, 0.15) is 5.54 Å². The van der Waals surface area contributed by atoms with Crippen molar-refractivity contribution in [3.8, 4) is 0 Å². The molecule has 0 radical (unpaired) electrons. The lowest BCUT2D eigenvalue weighted by Crippen LogP contribution is -2.54. The molecule has 3 heterocycles. The Morgan fingerprint density at radius 2 is 1.50 bits per heavy atom. The average molecular weight is 499 g/mol. The number of hydrogen-bond donors (Lipinski definition) is 2. The topological polar surface area (TPSA) is 105 Å². The van der Waals surface area contributed by atoms with Gasteiger partial charge in [0.25, 0.3) is 11.8 Å². The Kier molecular flexibility index (Phi) is 8.58. The molecule has 3 saturated heterocycles. The number of urea groups is 1. The van der Waals surface area contributed by atoms with Gasteiger partial charge in [-0.25, -0.2) is 4.79 Å². The molecule has 0 aliphatic carbocycles. The van der Waals surface area contributed by atoms with Gasteiger partial charge in [-0.05, 0) is 38.2 Å². The lowest BCUT2D eigenvalue weighted by Gasteiger charge is -2.35. The molecule has 3 fully saturated rings. The van der Waals surface area contributed by atoms with Crippen LogP contribution in [0.2, 0.25) is 0 Å². The van der Waals surface area contributed by atoms with Gasteiger partial charge in [0.2, 0.25) is 5.91 Å². The highest BCUT2D eigenvalue weighted by molar-refractivity contribution is 6.07. The predicted octanol–water partition coefficient (Wildman–Crippen LogP) is 0.981. The molecule has 1 unspecified atom stereocenters. The standard InChI is InChI=1S/C26H38N6O4/c1-26(12-11-21-9-5-4-6-10-21)24(35)32(25(36)27-26)28-22(33)19-29-15-17-30(18-16-29)20-23(34)31-13-7-2-3-8-14-31/h4-6,9-10H,2-3,7-8,11-20H2,1H3,(H,27,36)(H,28,33). The number of benzene rings is 1. The average Bonchev–Trinajstić information content (AvgIpc) is 3.07. The van der Waals surface area contributed by atoms with E-state index in [9.17, 15) is 19.2 Å². The van der Waals surface area contributed by atoms with Crippen molar-refractivity contribution in [1.29, 1.82) is 0 Å². The van der Waals surface area contributed by atoms with Crippen LogP contribution in [0.25, 0.3) is 0 Å². The van der Waals surface area contributed by atoms with Crippen LogP contribution in [0.5, 0.6) is 0 Å². The summed E-state index contributed by atoms with van der Waals surface area (Å²) in [6.07, 6.45) is 5.63. The van der Waals surface area contributed by atoms with E-state index in [-0.39, 0.29) is 12.5 Å².